The third kappa shape index (κ3) is 3.48. The Kier molecular flexibility index (Phi) is 4.84. The van der Waals surface area contributed by atoms with Crippen molar-refractivity contribution in [1.29, 1.82) is 0 Å². The van der Waals surface area contributed by atoms with E-state index in [1.54, 1.807) is 53.6 Å². The van der Waals surface area contributed by atoms with Gasteiger partial charge >= 0.3 is 0 Å². The number of pyridine rings is 1. The molecule has 1 aromatic carbocycles. The third-order valence-electron chi connectivity index (χ3n) is 4.68. The highest BCUT2D eigenvalue weighted by molar-refractivity contribution is 6.00. The molecule has 1 aliphatic heterocycles. The molecule has 1 saturated heterocycles. The molecule has 7 nitrogen and oxygen atoms in total. The lowest BCUT2D eigenvalue weighted by molar-refractivity contribution is -0.126. The van der Waals surface area contributed by atoms with Crippen molar-refractivity contribution in [1.82, 2.24) is 20.1 Å². The molecule has 0 bridgehead atoms. The molecule has 1 N–H and O–H groups in total. The Morgan fingerprint density at radius 2 is 2.04 bits per heavy atom. The van der Waals surface area contributed by atoms with Crippen LogP contribution in [-0.2, 0) is 16.1 Å². The summed E-state index contributed by atoms with van der Waals surface area (Å²) in [5.41, 5.74) is 1.01. The van der Waals surface area contributed by atoms with Crippen molar-refractivity contribution in [2.24, 2.45) is 5.92 Å². The zero-order valence-electron chi connectivity index (χ0n) is 15.0. The number of anilines is 1. The summed E-state index contributed by atoms with van der Waals surface area (Å²) in [7, 11) is 0. The zero-order chi connectivity index (χ0) is 19.5. The van der Waals surface area contributed by atoms with Crippen molar-refractivity contribution in [3.05, 3.63) is 72.4 Å². The van der Waals surface area contributed by atoms with Crippen LogP contribution in [0.25, 0.3) is 5.82 Å². The number of carbonyl (C=O) groups is 2. The summed E-state index contributed by atoms with van der Waals surface area (Å²) in [6.45, 7) is 0.414. The van der Waals surface area contributed by atoms with Crippen molar-refractivity contribution in [3.8, 4) is 5.82 Å². The summed E-state index contributed by atoms with van der Waals surface area (Å²) in [5, 5.41) is 7.03. The van der Waals surface area contributed by atoms with Gasteiger partial charge in [-0.1, -0.05) is 18.2 Å². The minimum Gasteiger partial charge on any atom is -0.352 e. The lowest BCUT2D eigenvalue weighted by Crippen LogP contribution is -2.33. The van der Waals surface area contributed by atoms with E-state index in [0.29, 0.717) is 5.82 Å². The van der Waals surface area contributed by atoms with Gasteiger partial charge in [-0.25, -0.2) is 14.1 Å². The summed E-state index contributed by atoms with van der Waals surface area (Å²) in [6, 6.07) is 11.5. The monoisotopic (exact) mass is 379 g/mol. The van der Waals surface area contributed by atoms with Gasteiger partial charge in [0.25, 0.3) is 0 Å². The molecule has 0 radical (unpaired) electrons. The van der Waals surface area contributed by atoms with Gasteiger partial charge in [0.2, 0.25) is 11.8 Å². The summed E-state index contributed by atoms with van der Waals surface area (Å²) < 4.78 is 15.6. The van der Waals surface area contributed by atoms with Crippen LogP contribution in [0, 0.1) is 11.7 Å². The Bertz CT molecular complexity index is 1010. The van der Waals surface area contributed by atoms with Gasteiger partial charge in [0.1, 0.15) is 5.82 Å². The molecule has 1 fully saturated rings. The van der Waals surface area contributed by atoms with Crippen LogP contribution in [0.1, 0.15) is 12.0 Å². The van der Waals surface area contributed by atoms with E-state index in [1.807, 2.05) is 6.07 Å². The molecular formula is C20H18FN5O2. The quantitative estimate of drug-likeness (QED) is 0.736. The second kappa shape index (κ2) is 7.59. The molecule has 1 aliphatic rings. The van der Waals surface area contributed by atoms with Crippen molar-refractivity contribution >= 4 is 17.5 Å². The predicted molar refractivity (Wildman–Crippen MR) is 100 cm³/mol. The number of para-hydroxylation sites is 1. The third-order valence-corrected chi connectivity index (χ3v) is 4.68. The first kappa shape index (κ1) is 17.8. The van der Waals surface area contributed by atoms with Gasteiger partial charge in [0.15, 0.2) is 5.82 Å². The van der Waals surface area contributed by atoms with E-state index in [0.717, 1.165) is 5.56 Å². The second-order valence-corrected chi connectivity index (χ2v) is 6.51. The molecule has 0 aliphatic carbocycles. The first-order chi connectivity index (χ1) is 13.6. The molecule has 0 saturated carbocycles. The number of aromatic nitrogens is 3. The molecule has 3 aromatic rings. The van der Waals surface area contributed by atoms with Crippen LogP contribution >= 0.6 is 0 Å². The number of hydrogen-bond donors (Lipinski definition) is 1. The summed E-state index contributed by atoms with van der Waals surface area (Å²) in [4.78, 5) is 30.5. The van der Waals surface area contributed by atoms with Crippen LogP contribution < -0.4 is 10.2 Å². The van der Waals surface area contributed by atoms with Crippen LogP contribution in [0.3, 0.4) is 0 Å². The van der Waals surface area contributed by atoms with Gasteiger partial charge in [-0.2, -0.15) is 5.10 Å². The SMILES string of the molecule is O=C(NCc1cccnc1-n1cccn1)C1CC(=O)N(c2ccccc2F)C1. The van der Waals surface area contributed by atoms with E-state index < -0.39 is 11.7 Å². The smallest absolute Gasteiger partial charge is 0.227 e. The van der Waals surface area contributed by atoms with Gasteiger partial charge in [0.05, 0.1) is 11.6 Å². The fourth-order valence-electron chi connectivity index (χ4n) is 3.28. The number of hydrogen-bond acceptors (Lipinski definition) is 4. The molecule has 28 heavy (non-hydrogen) atoms. The zero-order valence-corrected chi connectivity index (χ0v) is 15.0. The molecule has 1 unspecified atom stereocenters. The number of carbonyl (C=O) groups excluding carboxylic acids is 2. The lowest BCUT2D eigenvalue weighted by atomic mass is 10.1. The average Bonchev–Trinajstić information content (AvgIpc) is 3.37. The molecule has 0 spiro atoms. The maximum Gasteiger partial charge on any atom is 0.227 e. The van der Waals surface area contributed by atoms with Crippen molar-refractivity contribution in [3.63, 3.8) is 0 Å². The maximum atomic E-state index is 14.0. The minimum absolute atomic E-state index is 0.0548. The Labute approximate surface area is 160 Å². The minimum atomic E-state index is -0.531. The Morgan fingerprint density at radius 3 is 2.82 bits per heavy atom. The van der Waals surface area contributed by atoms with Crippen LogP contribution in [0.4, 0.5) is 10.1 Å². The summed E-state index contributed by atoms with van der Waals surface area (Å²) >= 11 is 0. The van der Waals surface area contributed by atoms with Gasteiger partial charge in [-0.05, 0) is 24.3 Å². The van der Waals surface area contributed by atoms with Gasteiger partial charge in [-0.15, -0.1) is 0 Å². The Morgan fingerprint density at radius 1 is 1.18 bits per heavy atom. The van der Waals surface area contributed by atoms with E-state index in [-0.39, 0.29) is 37.0 Å². The predicted octanol–water partition coefficient (Wildman–Crippen LogP) is 2.08. The molecule has 2 aromatic heterocycles. The van der Waals surface area contributed by atoms with Gasteiger partial charge in [-0.3, -0.25) is 9.59 Å². The van der Waals surface area contributed by atoms with E-state index in [2.05, 4.69) is 15.4 Å². The highest BCUT2D eigenvalue weighted by Gasteiger charge is 2.36. The Balaban J connectivity index is 1.43. The highest BCUT2D eigenvalue weighted by Crippen LogP contribution is 2.27. The standard InChI is InChI=1S/C20H18FN5O2/c21-16-6-1-2-7-17(16)25-13-15(11-18(25)27)20(28)23-12-14-5-3-8-22-19(14)26-10-4-9-24-26/h1-10,15H,11-13H2,(H,23,28). The largest absolute Gasteiger partial charge is 0.352 e. The molecule has 4 rings (SSSR count). The fourth-order valence-corrected chi connectivity index (χ4v) is 3.28. The van der Waals surface area contributed by atoms with Gasteiger partial charge in [0, 0.05) is 43.7 Å². The van der Waals surface area contributed by atoms with E-state index in [4.69, 9.17) is 0 Å². The normalized spacial score (nSPS) is 16.4. The molecule has 142 valence electrons. The van der Waals surface area contributed by atoms with Crippen LogP contribution in [0.5, 0.6) is 0 Å². The second-order valence-electron chi connectivity index (χ2n) is 6.51. The first-order valence-corrected chi connectivity index (χ1v) is 8.90. The van der Waals surface area contributed by atoms with Crippen molar-refractivity contribution in [2.45, 2.75) is 13.0 Å². The number of halogens is 1. The topological polar surface area (TPSA) is 80.1 Å². The number of nitrogens with zero attached hydrogens (tertiary/aromatic N) is 4. The summed E-state index contributed by atoms with van der Waals surface area (Å²) in [6.07, 6.45) is 5.14. The highest BCUT2D eigenvalue weighted by atomic mass is 19.1. The first-order valence-electron chi connectivity index (χ1n) is 8.90. The van der Waals surface area contributed by atoms with Crippen molar-refractivity contribution in [2.75, 3.05) is 11.4 Å². The maximum absolute atomic E-state index is 14.0. The number of nitrogens with one attached hydrogen (secondary N) is 1. The summed E-state index contributed by atoms with van der Waals surface area (Å²) in [5.74, 6) is -0.886. The molecule has 1 atom stereocenters. The number of benzene rings is 1. The van der Waals surface area contributed by atoms with Crippen molar-refractivity contribution < 1.29 is 14.0 Å². The van der Waals surface area contributed by atoms with Crippen LogP contribution in [0.2, 0.25) is 0 Å². The van der Waals surface area contributed by atoms with E-state index >= 15 is 0 Å². The van der Waals surface area contributed by atoms with Crippen LogP contribution in [-0.4, -0.2) is 33.1 Å². The van der Waals surface area contributed by atoms with Gasteiger partial charge < -0.3 is 10.2 Å². The van der Waals surface area contributed by atoms with E-state index in [1.165, 1.54) is 11.0 Å². The number of amides is 2. The lowest BCUT2D eigenvalue weighted by Gasteiger charge is -2.17. The molecule has 2 amide bonds. The molecule has 8 heteroatoms. The molecular weight excluding hydrogens is 361 g/mol. The average molecular weight is 379 g/mol. The van der Waals surface area contributed by atoms with E-state index in [9.17, 15) is 14.0 Å². The molecule has 3 heterocycles. The fraction of sp³-hybridized carbons (Fsp3) is 0.200. The number of rotatable bonds is 5. The Hall–Kier alpha value is -3.55. The van der Waals surface area contributed by atoms with Crippen LogP contribution in [0.15, 0.2) is 61.1 Å².